The Morgan fingerprint density at radius 3 is 2.72 bits per heavy atom. The molecule has 0 aliphatic heterocycles. The van der Waals surface area contributed by atoms with Crippen molar-refractivity contribution in [3.05, 3.63) is 36.4 Å². The van der Waals surface area contributed by atoms with E-state index in [9.17, 15) is 9.59 Å². The third kappa shape index (κ3) is 4.42. The van der Waals surface area contributed by atoms with Gasteiger partial charge in [-0.3, -0.25) is 19.7 Å². The van der Waals surface area contributed by atoms with Crippen LogP contribution in [0.25, 0.3) is 11.1 Å². The fourth-order valence-electron chi connectivity index (χ4n) is 2.47. The van der Waals surface area contributed by atoms with E-state index in [4.69, 9.17) is 4.74 Å². The van der Waals surface area contributed by atoms with Gasteiger partial charge in [-0.2, -0.15) is 5.10 Å². The lowest BCUT2D eigenvalue weighted by atomic mass is 10.1. The Hall–Kier alpha value is -2.74. The molecule has 0 saturated heterocycles. The molecule has 1 aliphatic carbocycles. The number of rotatable bonds is 8. The Bertz CT molecular complexity index is 723. The summed E-state index contributed by atoms with van der Waals surface area (Å²) in [6, 6.07) is 3.49. The normalized spacial score (nSPS) is 14.8. The summed E-state index contributed by atoms with van der Waals surface area (Å²) in [5.74, 6) is -0.416. The van der Waals surface area contributed by atoms with Crippen molar-refractivity contribution in [1.82, 2.24) is 25.8 Å². The Balaban J connectivity index is 1.51. The summed E-state index contributed by atoms with van der Waals surface area (Å²) in [5.41, 5.74) is 1.78. The van der Waals surface area contributed by atoms with Crippen LogP contribution >= 0.6 is 0 Å². The number of aromatic amines is 1. The number of hydrogen-bond acceptors (Lipinski definition) is 5. The molecule has 2 aromatic heterocycles. The van der Waals surface area contributed by atoms with E-state index < -0.39 is 0 Å². The van der Waals surface area contributed by atoms with Crippen molar-refractivity contribution < 1.29 is 14.3 Å². The van der Waals surface area contributed by atoms with Crippen LogP contribution in [0.3, 0.4) is 0 Å². The minimum Gasteiger partial charge on any atom is -0.372 e. The maximum absolute atomic E-state index is 12.2. The van der Waals surface area contributed by atoms with Crippen molar-refractivity contribution >= 4 is 11.8 Å². The molecule has 1 aliphatic rings. The third-order valence-electron chi connectivity index (χ3n) is 4.11. The Kier molecular flexibility index (Phi) is 5.08. The van der Waals surface area contributed by atoms with Gasteiger partial charge in [0, 0.05) is 36.7 Å². The number of carbonyl (C=O) groups is 2. The molecule has 0 aromatic carbocycles. The van der Waals surface area contributed by atoms with E-state index in [1.165, 1.54) is 0 Å². The first-order valence-corrected chi connectivity index (χ1v) is 8.24. The second kappa shape index (κ2) is 7.43. The van der Waals surface area contributed by atoms with Crippen molar-refractivity contribution in [2.45, 2.75) is 25.3 Å². The van der Waals surface area contributed by atoms with Crippen LogP contribution in [-0.2, 0) is 9.53 Å². The van der Waals surface area contributed by atoms with Gasteiger partial charge in [0.05, 0.1) is 11.7 Å². The van der Waals surface area contributed by atoms with Crippen LogP contribution in [0.2, 0.25) is 0 Å². The van der Waals surface area contributed by atoms with Crippen molar-refractivity contribution in [2.75, 3.05) is 19.8 Å². The quantitative estimate of drug-likeness (QED) is 0.659. The summed E-state index contributed by atoms with van der Waals surface area (Å²) in [5, 5.41) is 12.4. The predicted octanol–water partition coefficient (Wildman–Crippen LogP) is 0.887. The Morgan fingerprint density at radius 1 is 1.28 bits per heavy atom. The first-order valence-electron chi connectivity index (χ1n) is 8.24. The van der Waals surface area contributed by atoms with Gasteiger partial charge in [0.25, 0.3) is 5.91 Å². The lowest BCUT2D eigenvalue weighted by Gasteiger charge is -2.18. The highest BCUT2D eigenvalue weighted by atomic mass is 16.5. The first-order chi connectivity index (χ1) is 12.1. The minimum atomic E-state index is -0.347. The second-order valence-corrected chi connectivity index (χ2v) is 6.07. The fourth-order valence-corrected chi connectivity index (χ4v) is 2.47. The van der Waals surface area contributed by atoms with Crippen LogP contribution in [0.4, 0.5) is 0 Å². The van der Waals surface area contributed by atoms with Gasteiger partial charge in [0.2, 0.25) is 5.91 Å². The van der Waals surface area contributed by atoms with Gasteiger partial charge < -0.3 is 15.4 Å². The van der Waals surface area contributed by atoms with Crippen LogP contribution in [0, 0.1) is 0 Å². The second-order valence-electron chi connectivity index (χ2n) is 6.07. The number of hydrogen-bond donors (Lipinski definition) is 3. The SMILES string of the molecule is CCOCC(=O)NC1(CNC(=O)c2ccc(-c3cn[nH]c3)cn2)CC1. The van der Waals surface area contributed by atoms with Crippen molar-refractivity contribution in [3.8, 4) is 11.1 Å². The van der Waals surface area contributed by atoms with Gasteiger partial charge in [-0.05, 0) is 25.8 Å². The highest BCUT2D eigenvalue weighted by Crippen LogP contribution is 2.34. The van der Waals surface area contributed by atoms with Gasteiger partial charge in [-0.15, -0.1) is 0 Å². The average molecular weight is 343 g/mol. The fraction of sp³-hybridized carbons (Fsp3) is 0.412. The van der Waals surface area contributed by atoms with E-state index in [1.54, 1.807) is 24.7 Å². The Morgan fingerprint density at radius 2 is 2.12 bits per heavy atom. The highest BCUT2D eigenvalue weighted by Gasteiger charge is 2.44. The molecule has 0 spiro atoms. The molecule has 0 unspecified atom stereocenters. The van der Waals surface area contributed by atoms with Crippen LogP contribution in [0.1, 0.15) is 30.3 Å². The molecule has 0 atom stereocenters. The molecule has 3 N–H and O–H groups in total. The summed E-state index contributed by atoms with van der Waals surface area (Å²) >= 11 is 0. The average Bonchev–Trinajstić information content (AvgIpc) is 3.17. The molecule has 0 radical (unpaired) electrons. The van der Waals surface area contributed by atoms with Crippen molar-refractivity contribution in [3.63, 3.8) is 0 Å². The number of aromatic nitrogens is 3. The molecule has 2 amide bonds. The maximum atomic E-state index is 12.2. The molecule has 1 fully saturated rings. The summed E-state index contributed by atoms with van der Waals surface area (Å²) in [7, 11) is 0. The lowest BCUT2D eigenvalue weighted by Crippen LogP contribution is -2.47. The minimum absolute atomic E-state index is 0.0449. The molecule has 8 nitrogen and oxygen atoms in total. The van der Waals surface area contributed by atoms with E-state index in [1.807, 2.05) is 13.0 Å². The van der Waals surface area contributed by atoms with Gasteiger partial charge >= 0.3 is 0 Å². The molecule has 2 heterocycles. The van der Waals surface area contributed by atoms with Gasteiger partial charge in [0.15, 0.2) is 0 Å². The van der Waals surface area contributed by atoms with Crippen molar-refractivity contribution in [1.29, 1.82) is 0 Å². The van der Waals surface area contributed by atoms with Gasteiger partial charge in [0.1, 0.15) is 12.3 Å². The predicted molar refractivity (Wildman–Crippen MR) is 90.8 cm³/mol. The number of ether oxygens (including phenoxy) is 1. The molecule has 0 bridgehead atoms. The van der Waals surface area contributed by atoms with Gasteiger partial charge in [-0.1, -0.05) is 6.07 Å². The summed E-state index contributed by atoms with van der Waals surface area (Å²) < 4.78 is 5.09. The highest BCUT2D eigenvalue weighted by molar-refractivity contribution is 5.92. The zero-order valence-corrected chi connectivity index (χ0v) is 14.0. The third-order valence-corrected chi connectivity index (χ3v) is 4.11. The molecule has 1 saturated carbocycles. The monoisotopic (exact) mass is 343 g/mol. The Labute approximate surface area is 145 Å². The van der Waals surface area contributed by atoms with Gasteiger partial charge in [-0.25, -0.2) is 0 Å². The maximum Gasteiger partial charge on any atom is 0.269 e. The van der Waals surface area contributed by atoms with E-state index in [0.29, 0.717) is 18.8 Å². The summed E-state index contributed by atoms with van der Waals surface area (Å²) in [6.07, 6.45) is 6.78. The first kappa shape index (κ1) is 17.1. The van der Waals surface area contributed by atoms with E-state index in [2.05, 4.69) is 25.8 Å². The standard InChI is InChI=1S/C17H21N5O3/c1-2-25-10-15(23)22-17(5-6-17)11-19-16(24)14-4-3-12(7-18-14)13-8-20-21-9-13/h3-4,7-9H,2,5-6,10-11H2,1H3,(H,19,24)(H,20,21)(H,22,23). The topological polar surface area (TPSA) is 109 Å². The molecule has 3 rings (SSSR count). The number of carbonyl (C=O) groups excluding carboxylic acids is 2. The van der Waals surface area contributed by atoms with Crippen LogP contribution in [0.15, 0.2) is 30.7 Å². The zero-order valence-electron chi connectivity index (χ0n) is 14.0. The number of H-pyrrole nitrogens is 1. The van der Waals surface area contributed by atoms with Crippen molar-refractivity contribution in [2.24, 2.45) is 0 Å². The molecule has 8 heteroatoms. The van der Waals surface area contributed by atoms with Crippen LogP contribution in [-0.4, -0.2) is 52.3 Å². The zero-order chi connectivity index (χ0) is 17.7. The number of pyridine rings is 1. The van der Waals surface area contributed by atoms with E-state index in [0.717, 1.165) is 24.0 Å². The molecule has 25 heavy (non-hydrogen) atoms. The number of nitrogens with zero attached hydrogens (tertiary/aromatic N) is 2. The van der Waals surface area contributed by atoms with Crippen LogP contribution < -0.4 is 10.6 Å². The molecule has 2 aromatic rings. The smallest absolute Gasteiger partial charge is 0.269 e. The number of nitrogens with one attached hydrogen (secondary N) is 3. The van der Waals surface area contributed by atoms with E-state index >= 15 is 0 Å². The number of amides is 2. The van der Waals surface area contributed by atoms with E-state index in [-0.39, 0.29) is 24.0 Å². The largest absolute Gasteiger partial charge is 0.372 e. The molecular formula is C17H21N5O3. The van der Waals surface area contributed by atoms with Crippen LogP contribution in [0.5, 0.6) is 0 Å². The lowest BCUT2D eigenvalue weighted by molar-refractivity contribution is -0.126. The summed E-state index contributed by atoms with van der Waals surface area (Å²) in [6.45, 7) is 2.76. The molecule has 132 valence electrons. The summed E-state index contributed by atoms with van der Waals surface area (Å²) in [4.78, 5) is 28.2. The molecular weight excluding hydrogens is 322 g/mol.